The molecule has 0 fully saturated rings. The van der Waals surface area contributed by atoms with Crippen LogP contribution in [0.3, 0.4) is 0 Å². The number of hydrogen-bond acceptors (Lipinski definition) is 1. The largest absolute Gasteiger partial charge is 0.288 e. The Bertz CT molecular complexity index is 668. The van der Waals surface area contributed by atoms with Crippen molar-refractivity contribution in [3.8, 4) is 0 Å². The molecule has 0 spiro atoms. The Morgan fingerprint density at radius 3 is 2.30 bits per heavy atom. The van der Waals surface area contributed by atoms with Crippen LogP contribution in [-0.2, 0) is 0 Å². The predicted octanol–water partition coefficient (Wildman–Crippen LogP) is 5.92. The molecule has 0 N–H and O–H groups in total. The van der Waals surface area contributed by atoms with Gasteiger partial charge in [-0.1, -0.05) is 59.9 Å². The summed E-state index contributed by atoms with van der Waals surface area (Å²) in [4.78, 5) is 12.4. The molecule has 0 aromatic heterocycles. The quantitative estimate of drug-likeness (QED) is 0.407. The van der Waals surface area contributed by atoms with Crippen LogP contribution in [0.15, 0.2) is 40.9 Å². The fourth-order valence-corrected chi connectivity index (χ4v) is 2.95. The third-order valence-corrected chi connectivity index (χ3v) is 4.57. The third kappa shape index (κ3) is 3.38. The summed E-state index contributed by atoms with van der Waals surface area (Å²) in [6.45, 7) is 1.79. The van der Waals surface area contributed by atoms with Crippen LogP contribution < -0.4 is 0 Å². The van der Waals surface area contributed by atoms with Crippen LogP contribution >= 0.6 is 47.8 Å². The van der Waals surface area contributed by atoms with E-state index in [-0.39, 0.29) is 15.1 Å². The lowest BCUT2D eigenvalue weighted by Gasteiger charge is -2.08. The predicted molar refractivity (Wildman–Crippen MR) is 89.3 cm³/mol. The molecule has 20 heavy (non-hydrogen) atoms. The van der Waals surface area contributed by atoms with Gasteiger partial charge in [0.25, 0.3) is 0 Å². The minimum atomic E-state index is -0.496. The fourth-order valence-electron chi connectivity index (χ4n) is 1.80. The van der Waals surface area contributed by atoms with Gasteiger partial charge in [-0.05, 0) is 42.3 Å². The van der Waals surface area contributed by atoms with Crippen LogP contribution in [0.4, 0.5) is 4.39 Å². The zero-order valence-electron chi connectivity index (χ0n) is 10.5. The molecule has 2 rings (SSSR count). The summed E-state index contributed by atoms with van der Waals surface area (Å²) in [6, 6.07) is 9.95. The molecule has 0 aliphatic carbocycles. The lowest BCUT2D eigenvalue weighted by molar-refractivity contribution is 0.103. The molecule has 0 saturated heterocycles. The molecule has 0 atom stereocenters. The number of hydrogen-bond donors (Lipinski definition) is 0. The number of aryl methyl sites for hydroxylation is 1. The van der Waals surface area contributed by atoms with Crippen LogP contribution in [0.1, 0.15) is 30.8 Å². The highest BCUT2D eigenvalue weighted by molar-refractivity contribution is 9.24. The summed E-state index contributed by atoms with van der Waals surface area (Å²) in [5.74, 6) is -0.827. The third-order valence-electron chi connectivity index (χ3n) is 2.86. The number of carbonyl (C=O) groups is 1. The Labute approximate surface area is 142 Å². The summed E-state index contributed by atoms with van der Waals surface area (Å²) in [7, 11) is 0. The zero-order valence-corrected chi connectivity index (χ0v) is 15.2. The number of rotatable bonds is 3. The standard InChI is InChI=1S/C15H10Br3FO/c1-8-2-4-11(13(19)6-8)14(20)10-5-3-9(15(17)18)7-12(10)16/h2-7,15H,1H3. The summed E-state index contributed by atoms with van der Waals surface area (Å²) in [5.41, 5.74) is 2.28. The van der Waals surface area contributed by atoms with E-state index in [1.54, 1.807) is 19.1 Å². The van der Waals surface area contributed by atoms with Gasteiger partial charge in [-0.25, -0.2) is 4.39 Å². The zero-order chi connectivity index (χ0) is 14.9. The van der Waals surface area contributed by atoms with Gasteiger partial charge in [-0.3, -0.25) is 4.79 Å². The van der Waals surface area contributed by atoms with Gasteiger partial charge in [0, 0.05) is 10.0 Å². The second-order valence-corrected chi connectivity index (χ2v) is 8.27. The average molecular weight is 465 g/mol. The van der Waals surface area contributed by atoms with Crippen molar-refractivity contribution in [3.63, 3.8) is 0 Å². The molecule has 1 nitrogen and oxygen atoms in total. The molecule has 0 aliphatic heterocycles. The molecular formula is C15H10Br3FO. The van der Waals surface area contributed by atoms with Gasteiger partial charge in [0.05, 0.1) is 9.30 Å². The second-order valence-electron chi connectivity index (χ2n) is 4.35. The SMILES string of the molecule is Cc1ccc(C(=O)c2ccc(C(Br)Br)cc2Br)c(F)c1. The molecule has 0 radical (unpaired) electrons. The van der Waals surface area contributed by atoms with Gasteiger partial charge < -0.3 is 0 Å². The number of ketones is 1. The molecule has 104 valence electrons. The molecule has 0 heterocycles. The van der Waals surface area contributed by atoms with E-state index in [4.69, 9.17) is 0 Å². The highest BCUT2D eigenvalue weighted by Gasteiger charge is 2.17. The fraction of sp³-hybridized carbons (Fsp3) is 0.133. The smallest absolute Gasteiger partial charge is 0.197 e. The summed E-state index contributed by atoms with van der Waals surface area (Å²) in [5, 5.41) is 0. The molecule has 0 unspecified atom stereocenters. The minimum Gasteiger partial charge on any atom is -0.288 e. The minimum absolute atomic E-state index is 0.00608. The molecule has 0 saturated carbocycles. The Morgan fingerprint density at radius 2 is 1.75 bits per heavy atom. The first kappa shape index (κ1) is 15.9. The van der Waals surface area contributed by atoms with E-state index >= 15 is 0 Å². The molecule has 2 aromatic carbocycles. The van der Waals surface area contributed by atoms with Gasteiger partial charge >= 0.3 is 0 Å². The normalized spacial score (nSPS) is 10.9. The highest BCUT2D eigenvalue weighted by Crippen LogP contribution is 2.32. The van der Waals surface area contributed by atoms with E-state index in [1.807, 2.05) is 12.1 Å². The molecule has 2 aromatic rings. The molecule has 0 amide bonds. The summed E-state index contributed by atoms with van der Waals surface area (Å²) in [6.07, 6.45) is 0. The number of halogens is 4. The summed E-state index contributed by atoms with van der Waals surface area (Å²) >= 11 is 10.2. The lowest BCUT2D eigenvalue weighted by Crippen LogP contribution is -2.05. The van der Waals surface area contributed by atoms with Crippen molar-refractivity contribution in [3.05, 3.63) is 68.9 Å². The van der Waals surface area contributed by atoms with Crippen LogP contribution in [0, 0.1) is 12.7 Å². The maximum atomic E-state index is 13.9. The number of benzene rings is 2. The Hall–Kier alpha value is -0.520. The average Bonchev–Trinajstić information content (AvgIpc) is 2.37. The van der Waals surface area contributed by atoms with Crippen molar-refractivity contribution in [2.45, 2.75) is 10.7 Å². The van der Waals surface area contributed by atoms with E-state index in [9.17, 15) is 9.18 Å². The first-order valence-corrected chi connectivity index (χ1v) is 8.41. The van der Waals surface area contributed by atoms with Gasteiger partial charge in [0.1, 0.15) is 5.82 Å². The van der Waals surface area contributed by atoms with Gasteiger partial charge in [0.2, 0.25) is 0 Å². The van der Waals surface area contributed by atoms with Gasteiger partial charge in [-0.2, -0.15) is 0 Å². The lowest BCUT2D eigenvalue weighted by atomic mass is 10.0. The Kier molecular flexibility index (Phi) is 5.15. The highest BCUT2D eigenvalue weighted by atomic mass is 79.9. The number of carbonyl (C=O) groups excluding carboxylic acids is 1. The Balaban J connectivity index is 2.43. The van der Waals surface area contributed by atoms with E-state index in [0.29, 0.717) is 10.0 Å². The second kappa shape index (κ2) is 6.50. The van der Waals surface area contributed by atoms with Crippen LogP contribution in [-0.4, -0.2) is 5.78 Å². The monoisotopic (exact) mass is 462 g/mol. The van der Waals surface area contributed by atoms with E-state index in [2.05, 4.69) is 47.8 Å². The first-order valence-electron chi connectivity index (χ1n) is 5.78. The molecule has 5 heteroatoms. The topological polar surface area (TPSA) is 17.1 Å². The number of alkyl halides is 2. The van der Waals surface area contributed by atoms with E-state index in [1.165, 1.54) is 12.1 Å². The van der Waals surface area contributed by atoms with Crippen molar-refractivity contribution in [1.82, 2.24) is 0 Å². The first-order chi connectivity index (χ1) is 9.40. The van der Waals surface area contributed by atoms with Crippen molar-refractivity contribution in [2.24, 2.45) is 0 Å². The maximum Gasteiger partial charge on any atom is 0.197 e. The van der Waals surface area contributed by atoms with E-state index in [0.717, 1.165) is 11.1 Å². The molecular weight excluding hydrogens is 455 g/mol. The van der Waals surface area contributed by atoms with Crippen LogP contribution in [0.2, 0.25) is 0 Å². The summed E-state index contributed by atoms with van der Waals surface area (Å²) < 4.78 is 14.5. The maximum absolute atomic E-state index is 13.9. The van der Waals surface area contributed by atoms with Crippen LogP contribution in [0.25, 0.3) is 0 Å². The molecule has 0 bridgehead atoms. The Morgan fingerprint density at radius 1 is 1.10 bits per heavy atom. The van der Waals surface area contributed by atoms with Gasteiger partial charge in [0.15, 0.2) is 5.78 Å². The van der Waals surface area contributed by atoms with Gasteiger partial charge in [-0.15, -0.1) is 0 Å². The van der Waals surface area contributed by atoms with Crippen molar-refractivity contribution in [1.29, 1.82) is 0 Å². The van der Waals surface area contributed by atoms with Crippen LogP contribution in [0.5, 0.6) is 0 Å². The van der Waals surface area contributed by atoms with E-state index < -0.39 is 5.82 Å². The van der Waals surface area contributed by atoms with Crippen molar-refractivity contribution < 1.29 is 9.18 Å². The van der Waals surface area contributed by atoms with Crippen molar-refractivity contribution in [2.75, 3.05) is 0 Å². The van der Waals surface area contributed by atoms with Crippen molar-refractivity contribution >= 4 is 53.6 Å². The molecule has 0 aliphatic rings.